The van der Waals surface area contributed by atoms with Crippen molar-refractivity contribution in [3.8, 4) is 0 Å². The summed E-state index contributed by atoms with van der Waals surface area (Å²) in [6.45, 7) is 4.79. The van der Waals surface area contributed by atoms with E-state index in [-0.39, 0.29) is 6.61 Å². The van der Waals surface area contributed by atoms with Crippen LogP contribution >= 0.6 is 11.3 Å². The number of aliphatic hydroxyl groups is 1. The molecule has 0 spiro atoms. The maximum absolute atomic E-state index is 8.97. The zero-order valence-electron chi connectivity index (χ0n) is 9.85. The first-order chi connectivity index (χ1) is 7.79. The highest BCUT2D eigenvalue weighted by molar-refractivity contribution is 7.11. The van der Waals surface area contributed by atoms with Crippen molar-refractivity contribution in [3.05, 3.63) is 16.1 Å². The molecule has 1 aromatic heterocycles. The highest BCUT2D eigenvalue weighted by atomic mass is 32.1. The molecule has 1 aliphatic heterocycles. The third-order valence-electron chi connectivity index (χ3n) is 3.31. The molecule has 4 heteroatoms. The van der Waals surface area contributed by atoms with E-state index in [2.05, 4.69) is 16.8 Å². The Balaban J connectivity index is 1.81. The van der Waals surface area contributed by atoms with Gasteiger partial charge in [-0.1, -0.05) is 6.42 Å². The molecule has 0 aromatic carbocycles. The van der Waals surface area contributed by atoms with Gasteiger partial charge in [0.15, 0.2) is 0 Å². The second-order valence-electron chi connectivity index (χ2n) is 4.51. The molecule has 0 aliphatic carbocycles. The largest absolute Gasteiger partial charge is 0.391 e. The number of likely N-dealkylation sites (tertiary alicyclic amines) is 1. The second kappa shape index (κ2) is 5.75. The average molecular weight is 240 g/mol. The Morgan fingerprint density at radius 2 is 2.44 bits per heavy atom. The van der Waals surface area contributed by atoms with Crippen LogP contribution in [0, 0.1) is 0 Å². The molecule has 90 valence electrons. The fourth-order valence-corrected chi connectivity index (χ4v) is 3.04. The number of thiazole rings is 1. The van der Waals surface area contributed by atoms with Gasteiger partial charge in [0.05, 0.1) is 16.5 Å². The summed E-state index contributed by atoms with van der Waals surface area (Å²) < 4.78 is 0. The van der Waals surface area contributed by atoms with Crippen LogP contribution in [0.15, 0.2) is 6.20 Å². The molecule has 1 aliphatic rings. The van der Waals surface area contributed by atoms with Crippen LogP contribution < -0.4 is 0 Å². The van der Waals surface area contributed by atoms with E-state index >= 15 is 0 Å². The lowest BCUT2D eigenvalue weighted by atomic mass is 10.0. The molecule has 3 nitrogen and oxygen atoms in total. The van der Waals surface area contributed by atoms with Gasteiger partial charge in [-0.15, -0.1) is 11.3 Å². The normalized spacial score (nSPS) is 22.5. The Morgan fingerprint density at radius 1 is 1.56 bits per heavy atom. The maximum Gasteiger partial charge on any atom is 0.0941 e. The number of hydrogen-bond acceptors (Lipinski definition) is 4. The van der Waals surface area contributed by atoms with Crippen molar-refractivity contribution >= 4 is 11.3 Å². The van der Waals surface area contributed by atoms with Crippen molar-refractivity contribution in [1.29, 1.82) is 0 Å². The summed E-state index contributed by atoms with van der Waals surface area (Å²) in [5.74, 6) is 0. The monoisotopic (exact) mass is 240 g/mol. The zero-order valence-corrected chi connectivity index (χ0v) is 10.7. The van der Waals surface area contributed by atoms with E-state index in [4.69, 9.17) is 5.11 Å². The van der Waals surface area contributed by atoms with Gasteiger partial charge >= 0.3 is 0 Å². The molecule has 1 N–H and O–H groups in total. The van der Waals surface area contributed by atoms with Crippen LogP contribution in [0.25, 0.3) is 0 Å². The maximum atomic E-state index is 8.97. The molecular weight excluding hydrogens is 220 g/mol. The topological polar surface area (TPSA) is 36.4 Å². The Labute approximate surface area is 101 Å². The number of nitrogens with zero attached hydrogens (tertiary/aromatic N) is 2. The van der Waals surface area contributed by atoms with Gasteiger partial charge in [-0.2, -0.15) is 0 Å². The van der Waals surface area contributed by atoms with E-state index in [0.717, 1.165) is 28.9 Å². The van der Waals surface area contributed by atoms with Crippen LogP contribution in [0.5, 0.6) is 0 Å². The van der Waals surface area contributed by atoms with E-state index in [9.17, 15) is 0 Å². The summed E-state index contributed by atoms with van der Waals surface area (Å²) in [5, 5.41) is 10.1. The second-order valence-corrected chi connectivity index (χ2v) is 5.71. The lowest BCUT2D eigenvalue weighted by molar-refractivity contribution is 0.163. The highest BCUT2D eigenvalue weighted by Crippen LogP contribution is 2.18. The molecule has 0 saturated carbocycles. The molecular formula is C12H20N2OS. The number of rotatable bonds is 4. The SMILES string of the molecule is CC1CCCCN1CCc1ncc(CO)s1. The minimum atomic E-state index is 0.123. The molecule has 1 aromatic rings. The lowest BCUT2D eigenvalue weighted by Gasteiger charge is -2.32. The molecule has 1 atom stereocenters. The molecule has 0 radical (unpaired) electrons. The van der Waals surface area contributed by atoms with Crippen LogP contribution in [-0.4, -0.2) is 34.1 Å². The van der Waals surface area contributed by atoms with Crippen molar-refractivity contribution in [2.45, 2.75) is 45.3 Å². The van der Waals surface area contributed by atoms with Crippen molar-refractivity contribution in [2.75, 3.05) is 13.1 Å². The summed E-state index contributed by atoms with van der Waals surface area (Å²) in [4.78, 5) is 7.86. The molecule has 2 rings (SSSR count). The Kier molecular flexibility index (Phi) is 4.32. The third kappa shape index (κ3) is 3.03. The van der Waals surface area contributed by atoms with E-state index in [1.54, 1.807) is 17.5 Å². The first-order valence-corrected chi connectivity index (χ1v) is 6.89. The van der Waals surface area contributed by atoms with Gasteiger partial charge in [0.2, 0.25) is 0 Å². The van der Waals surface area contributed by atoms with Gasteiger partial charge in [-0.3, -0.25) is 0 Å². The van der Waals surface area contributed by atoms with Gasteiger partial charge in [0.1, 0.15) is 0 Å². The number of aromatic nitrogens is 1. The molecule has 1 unspecified atom stereocenters. The zero-order chi connectivity index (χ0) is 11.4. The predicted molar refractivity (Wildman–Crippen MR) is 66.6 cm³/mol. The van der Waals surface area contributed by atoms with Crippen LogP contribution in [0.4, 0.5) is 0 Å². The minimum absolute atomic E-state index is 0.123. The third-order valence-corrected chi connectivity index (χ3v) is 4.35. The number of piperidine rings is 1. The van der Waals surface area contributed by atoms with Crippen LogP contribution in [-0.2, 0) is 13.0 Å². The summed E-state index contributed by atoms with van der Waals surface area (Å²) in [7, 11) is 0. The van der Waals surface area contributed by atoms with Crippen molar-refractivity contribution in [2.24, 2.45) is 0 Å². The van der Waals surface area contributed by atoms with Gasteiger partial charge in [0.25, 0.3) is 0 Å². The van der Waals surface area contributed by atoms with E-state index in [0.29, 0.717) is 0 Å². The Morgan fingerprint density at radius 3 is 3.12 bits per heavy atom. The van der Waals surface area contributed by atoms with Gasteiger partial charge in [0, 0.05) is 25.2 Å². The molecule has 2 heterocycles. The van der Waals surface area contributed by atoms with Crippen LogP contribution in [0.1, 0.15) is 36.1 Å². The first-order valence-electron chi connectivity index (χ1n) is 6.08. The number of aliphatic hydroxyl groups excluding tert-OH is 1. The molecule has 16 heavy (non-hydrogen) atoms. The predicted octanol–water partition coefficient (Wildman–Crippen LogP) is 2.05. The van der Waals surface area contributed by atoms with Gasteiger partial charge in [-0.05, 0) is 26.3 Å². The molecule has 0 bridgehead atoms. The molecule has 1 fully saturated rings. The summed E-state index contributed by atoms with van der Waals surface area (Å²) in [6, 6.07) is 0.728. The fourth-order valence-electron chi connectivity index (χ4n) is 2.27. The van der Waals surface area contributed by atoms with Gasteiger partial charge in [-0.25, -0.2) is 4.98 Å². The van der Waals surface area contributed by atoms with Crippen LogP contribution in [0.2, 0.25) is 0 Å². The average Bonchev–Trinajstić information content (AvgIpc) is 2.76. The van der Waals surface area contributed by atoms with E-state index in [1.807, 2.05) is 0 Å². The number of hydrogen-bond donors (Lipinski definition) is 1. The molecule has 1 saturated heterocycles. The van der Waals surface area contributed by atoms with Crippen molar-refractivity contribution < 1.29 is 5.11 Å². The Hall–Kier alpha value is -0.450. The Bertz CT molecular complexity index is 327. The van der Waals surface area contributed by atoms with Gasteiger partial charge < -0.3 is 10.0 Å². The minimum Gasteiger partial charge on any atom is -0.391 e. The summed E-state index contributed by atoms with van der Waals surface area (Å²) in [5.41, 5.74) is 0. The smallest absolute Gasteiger partial charge is 0.0941 e. The fraction of sp³-hybridized carbons (Fsp3) is 0.750. The van der Waals surface area contributed by atoms with E-state index < -0.39 is 0 Å². The summed E-state index contributed by atoms with van der Waals surface area (Å²) in [6.07, 6.45) is 6.86. The molecule has 0 amide bonds. The lowest BCUT2D eigenvalue weighted by Crippen LogP contribution is -2.38. The van der Waals surface area contributed by atoms with E-state index in [1.165, 1.54) is 25.8 Å². The quantitative estimate of drug-likeness (QED) is 0.875. The van der Waals surface area contributed by atoms with Crippen molar-refractivity contribution in [3.63, 3.8) is 0 Å². The highest BCUT2D eigenvalue weighted by Gasteiger charge is 2.17. The summed E-state index contributed by atoms with van der Waals surface area (Å²) >= 11 is 1.63. The van der Waals surface area contributed by atoms with Crippen molar-refractivity contribution in [1.82, 2.24) is 9.88 Å². The standard InChI is InChI=1S/C12H20N2OS/c1-10-4-2-3-6-14(10)7-5-12-13-8-11(9-15)16-12/h8,10,15H,2-7,9H2,1H3. The van der Waals surface area contributed by atoms with Crippen LogP contribution in [0.3, 0.4) is 0 Å². The first kappa shape index (κ1) is 12.0.